The van der Waals surface area contributed by atoms with E-state index < -0.39 is 0 Å². The third-order valence-electron chi connectivity index (χ3n) is 5.97. The standard InChI is InChI=1S/C25H31FN2O4/c1-17-12-19(6-9-23(17)26)20-13-21(15-28(14-20)24(29)16-31-2)25(30)27-11-10-18-4-7-22(32-3)8-5-18/h4-9,12,20-21H,10-11,13-16H2,1-3H3,(H,27,30)/t20-,21-/m0/s1. The molecule has 0 saturated carbocycles. The first-order valence-corrected chi connectivity index (χ1v) is 10.8. The lowest BCUT2D eigenvalue weighted by atomic mass is 9.83. The molecule has 0 spiro atoms. The van der Waals surface area contributed by atoms with Crippen molar-refractivity contribution in [2.75, 3.05) is 40.5 Å². The molecule has 1 fully saturated rings. The van der Waals surface area contributed by atoms with Gasteiger partial charge in [-0.05, 0) is 54.7 Å². The molecule has 1 N–H and O–H groups in total. The summed E-state index contributed by atoms with van der Waals surface area (Å²) in [5.74, 6) is -0.0612. The summed E-state index contributed by atoms with van der Waals surface area (Å²) >= 11 is 0. The minimum Gasteiger partial charge on any atom is -0.497 e. The van der Waals surface area contributed by atoms with E-state index in [2.05, 4.69) is 5.32 Å². The first-order chi connectivity index (χ1) is 15.4. The summed E-state index contributed by atoms with van der Waals surface area (Å²) in [5.41, 5.74) is 2.60. The van der Waals surface area contributed by atoms with Crippen molar-refractivity contribution in [2.45, 2.75) is 25.7 Å². The number of halogens is 1. The van der Waals surface area contributed by atoms with E-state index in [1.165, 1.54) is 13.2 Å². The number of likely N-dealkylation sites (tertiary alicyclic amines) is 1. The number of nitrogens with one attached hydrogen (secondary N) is 1. The molecule has 6 nitrogen and oxygen atoms in total. The van der Waals surface area contributed by atoms with Gasteiger partial charge < -0.3 is 19.7 Å². The van der Waals surface area contributed by atoms with E-state index in [4.69, 9.17) is 9.47 Å². The average molecular weight is 443 g/mol. The van der Waals surface area contributed by atoms with Gasteiger partial charge in [0.25, 0.3) is 0 Å². The Morgan fingerprint density at radius 3 is 2.53 bits per heavy atom. The highest BCUT2D eigenvalue weighted by Gasteiger charge is 2.34. The molecule has 2 amide bonds. The second-order valence-corrected chi connectivity index (χ2v) is 8.26. The van der Waals surface area contributed by atoms with Gasteiger partial charge >= 0.3 is 0 Å². The molecule has 0 unspecified atom stereocenters. The highest BCUT2D eigenvalue weighted by molar-refractivity contribution is 5.82. The maximum atomic E-state index is 13.7. The van der Waals surface area contributed by atoms with E-state index in [1.807, 2.05) is 30.3 Å². The second-order valence-electron chi connectivity index (χ2n) is 8.26. The molecular weight excluding hydrogens is 411 g/mol. The quantitative estimate of drug-likeness (QED) is 0.682. The minimum absolute atomic E-state index is 0.0268. The van der Waals surface area contributed by atoms with Gasteiger partial charge in [-0.15, -0.1) is 0 Å². The molecule has 172 valence electrons. The van der Waals surface area contributed by atoms with Crippen LogP contribution in [0, 0.1) is 18.7 Å². The highest BCUT2D eigenvalue weighted by Crippen LogP contribution is 2.31. The fraction of sp³-hybridized carbons (Fsp3) is 0.440. The Morgan fingerprint density at radius 2 is 1.88 bits per heavy atom. The van der Waals surface area contributed by atoms with E-state index in [1.54, 1.807) is 25.0 Å². The molecule has 2 atom stereocenters. The second kappa shape index (κ2) is 11.1. The molecule has 1 saturated heterocycles. The summed E-state index contributed by atoms with van der Waals surface area (Å²) in [6.45, 7) is 3.05. The molecule has 1 aliphatic rings. The molecule has 0 bridgehead atoms. The molecule has 3 rings (SSSR count). The zero-order valence-corrected chi connectivity index (χ0v) is 18.9. The topological polar surface area (TPSA) is 67.9 Å². The van der Waals surface area contributed by atoms with Crippen LogP contribution in [0.4, 0.5) is 4.39 Å². The summed E-state index contributed by atoms with van der Waals surface area (Å²) in [6.07, 6.45) is 1.31. The predicted octanol–water partition coefficient (Wildman–Crippen LogP) is 3.08. The number of carbonyl (C=O) groups excluding carboxylic acids is 2. The predicted molar refractivity (Wildman–Crippen MR) is 120 cm³/mol. The lowest BCUT2D eigenvalue weighted by molar-refractivity contribution is -0.139. The van der Waals surface area contributed by atoms with Gasteiger partial charge in [-0.2, -0.15) is 0 Å². The zero-order chi connectivity index (χ0) is 23.1. The Balaban J connectivity index is 1.66. The van der Waals surface area contributed by atoms with Gasteiger partial charge in [-0.25, -0.2) is 4.39 Å². The van der Waals surface area contributed by atoms with Crippen molar-refractivity contribution in [2.24, 2.45) is 5.92 Å². The van der Waals surface area contributed by atoms with Gasteiger partial charge in [0, 0.05) is 32.7 Å². The van der Waals surface area contributed by atoms with Crippen molar-refractivity contribution >= 4 is 11.8 Å². The van der Waals surface area contributed by atoms with Crippen LogP contribution in [0.2, 0.25) is 0 Å². The van der Waals surface area contributed by atoms with Gasteiger partial charge in [0.15, 0.2) is 0 Å². The van der Waals surface area contributed by atoms with Crippen molar-refractivity contribution in [3.05, 3.63) is 65.0 Å². The number of hydrogen-bond donors (Lipinski definition) is 1. The van der Waals surface area contributed by atoms with Crippen LogP contribution in [0.15, 0.2) is 42.5 Å². The Hall–Kier alpha value is -2.93. The SMILES string of the molecule is COCC(=O)N1C[C@@H](C(=O)NCCc2ccc(OC)cc2)C[C@H](c2ccc(F)c(C)c2)C1. The van der Waals surface area contributed by atoms with Crippen LogP contribution >= 0.6 is 0 Å². The van der Waals surface area contributed by atoms with Crippen molar-refractivity contribution in [1.82, 2.24) is 10.2 Å². The minimum atomic E-state index is -0.337. The van der Waals surface area contributed by atoms with Gasteiger partial charge in [0.05, 0.1) is 13.0 Å². The van der Waals surface area contributed by atoms with Crippen molar-refractivity contribution in [3.63, 3.8) is 0 Å². The van der Waals surface area contributed by atoms with E-state index in [0.29, 0.717) is 38.0 Å². The highest BCUT2D eigenvalue weighted by atomic mass is 19.1. The molecule has 2 aromatic carbocycles. The monoisotopic (exact) mass is 442 g/mol. The third kappa shape index (κ3) is 6.07. The van der Waals surface area contributed by atoms with Crippen LogP contribution < -0.4 is 10.1 Å². The van der Waals surface area contributed by atoms with Gasteiger partial charge in [-0.3, -0.25) is 9.59 Å². The molecular formula is C25H31FN2O4. The zero-order valence-electron chi connectivity index (χ0n) is 18.9. The number of piperidine rings is 1. The summed E-state index contributed by atoms with van der Waals surface area (Å²) < 4.78 is 23.9. The average Bonchev–Trinajstić information content (AvgIpc) is 2.81. The lowest BCUT2D eigenvalue weighted by Crippen LogP contribution is -2.49. The van der Waals surface area contributed by atoms with E-state index >= 15 is 0 Å². The Labute approximate surface area is 188 Å². The van der Waals surface area contributed by atoms with Crippen LogP contribution in [0.25, 0.3) is 0 Å². The first-order valence-electron chi connectivity index (χ1n) is 10.8. The van der Waals surface area contributed by atoms with Crippen molar-refractivity contribution < 1.29 is 23.5 Å². The number of carbonyl (C=O) groups is 2. The number of nitrogens with zero attached hydrogens (tertiary/aromatic N) is 1. The summed E-state index contributed by atoms with van der Waals surface area (Å²) in [6, 6.07) is 12.7. The van der Waals surface area contributed by atoms with E-state index in [0.717, 1.165) is 16.9 Å². The molecule has 32 heavy (non-hydrogen) atoms. The number of ether oxygens (including phenoxy) is 2. The lowest BCUT2D eigenvalue weighted by Gasteiger charge is -2.37. The molecule has 7 heteroatoms. The Kier molecular flexibility index (Phi) is 8.22. The maximum absolute atomic E-state index is 13.7. The molecule has 0 aromatic heterocycles. The number of hydrogen-bond acceptors (Lipinski definition) is 4. The molecule has 2 aromatic rings. The smallest absolute Gasteiger partial charge is 0.248 e. The van der Waals surface area contributed by atoms with Crippen molar-refractivity contribution in [3.8, 4) is 5.75 Å². The Bertz CT molecular complexity index is 932. The van der Waals surface area contributed by atoms with Crippen molar-refractivity contribution in [1.29, 1.82) is 0 Å². The fourth-order valence-electron chi connectivity index (χ4n) is 4.14. The van der Waals surface area contributed by atoms with Crippen LogP contribution in [0.1, 0.15) is 29.0 Å². The number of rotatable bonds is 8. The normalized spacial score (nSPS) is 18.3. The van der Waals surface area contributed by atoms with E-state index in [9.17, 15) is 14.0 Å². The molecule has 1 heterocycles. The summed E-state index contributed by atoms with van der Waals surface area (Å²) in [7, 11) is 3.10. The molecule has 1 aliphatic heterocycles. The van der Waals surface area contributed by atoms with E-state index in [-0.39, 0.29) is 36.1 Å². The summed E-state index contributed by atoms with van der Waals surface area (Å²) in [5, 5.41) is 3.01. The van der Waals surface area contributed by atoms with Gasteiger partial charge in [-0.1, -0.05) is 24.3 Å². The van der Waals surface area contributed by atoms with Crippen LogP contribution in [0.5, 0.6) is 5.75 Å². The summed E-state index contributed by atoms with van der Waals surface area (Å²) in [4.78, 5) is 27.2. The van der Waals surface area contributed by atoms with Crippen LogP contribution in [-0.4, -0.2) is 57.2 Å². The number of amides is 2. The number of methoxy groups -OCH3 is 2. The Morgan fingerprint density at radius 1 is 1.12 bits per heavy atom. The fourth-order valence-corrected chi connectivity index (χ4v) is 4.14. The maximum Gasteiger partial charge on any atom is 0.248 e. The first kappa shape index (κ1) is 23.7. The largest absolute Gasteiger partial charge is 0.497 e. The molecule has 0 aliphatic carbocycles. The van der Waals surface area contributed by atoms with Gasteiger partial charge in [0.1, 0.15) is 18.2 Å². The molecule has 0 radical (unpaired) electrons. The number of aryl methyl sites for hydroxylation is 1. The van der Waals surface area contributed by atoms with Crippen LogP contribution in [0.3, 0.4) is 0 Å². The van der Waals surface area contributed by atoms with Gasteiger partial charge in [0.2, 0.25) is 11.8 Å². The van der Waals surface area contributed by atoms with Crippen LogP contribution in [-0.2, 0) is 20.7 Å². The third-order valence-corrected chi connectivity index (χ3v) is 5.97. The number of benzene rings is 2.